The largest absolute Gasteiger partial charge is 0.478 e. The van der Waals surface area contributed by atoms with Crippen LogP contribution < -0.4 is 11.1 Å². The van der Waals surface area contributed by atoms with E-state index in [-0.39, 0.29) is 16.5 Å². The Hall–Kier alpha value is -1.59. The summed E-state index contributed by atoms with van der Waals surface area (Å²) in [6, 6.07) is 4.13. The number of amides is 1. The Morgan fingerprint density at radius 3 is 2.58 bits per heavy atom. The molecule has 0 saturated carbocycles. The van der Waals surface area contributed by atoms with Gasteiger partial charge in [0.15, 0.2) is 0 Å². The fraction of sp³-hybridized carbons (Fsp3) is 0.385. The standard InChI is InChI=1S/C13H17ClN2O3/c1-3-4-13(2,15)12(19)16-10-6-8(11(17)18)5-9(14)7-10/h5-7H,3-4,15H2,1-2H3,(H,16,19)(H,17,18). The number of carboxylic acid groups (broad SMARTS) is 1. The fourth-order valence-electron chi connectivity index (χ4n) is 1.69. The molecule has 1 aromatic carbocycles. The van der Waals surface area contributed by atoms with E-state index in [4.69, 9.17) is 22.4 Å². The van der Waals surface area contributed by atoms with E-state index in [2.05, 4.69) is 5.32 Å². The Labute approximate surface area is 116 Å². The molecule has 104 valence electrons. The number of aromatic carboxylic acids is 1. The lowest BCUT2D eigenvalue weighted by molar-refractivity contribution is -0.120. The van der Waals surface area contributed by atoms with Crippen molar-refractivity contribution in [1.29, 1.82) is 0 Å². The first-order valence-corrected chi connectivity index (χ1v) is 6.28. The molecule has 0 saturated heterocycles. The molecule has 0 aliphatic heterocycles. The molecule has 5 nitrogen and oxygen atoms in total. The summed E-state index contributed by atoms with van der Waals surface area (Å²) in [7, 11) is 0. The summed E-state index contributed by atoms with van der Waals surface area (Å²) in [5.74, 6) is -1.48. The lowest BCUT2D eigenvalue weighted by Crippen LogP contribution is -2.48. The van der Waals surface area contributed by atoms with Gasteiger partial charge in [-0.2, -0.15) is 0 Å². The van der Waals surface area contributed by atoms with Gasteiger partial charge in [0.2, 0.25) is 5.91 Å². The van der Waals surface area contributed by atoms with Crippen molar-refractivity contribution in [3.05, 3.63) is 28.8 Å². The topological polar surface area (TPSA) is 92.4 Å². The molecule has 0 heterocycles. The summed E-state index contributed by atoms with van der Waals surface area (Å²) in [6.07, 6.45) is 1.31. The zero-order chi connectivity index (χ0) is 14.6. The Bertz CT molecular complexity index is 501. The summed E-state index contributed by atoms with van der Waals surface area (Å²) in [5, 5.41) is 11.7. The average Bonchev–Trinajstić information content (AvgIpc) is 2.27. The molecule has 1 aromatic rings. The first-order chi connectivity index (χ1) is 8.76. The highest BCUT2D eigenvalue weighted by Gasteiger charge is 2.27. The monoisotopic (exact) mass is 284 g/mol. The molecular formula is C13H17ClN2O3. The minimum absolute atomic E-state index is 0.0111. The third kappa shape index (κ3) is 4.22. The average molecular weight is 285 g/mol. The van der Waals surface area contributed by atoms with Crippen LogP contribution in [-0.2, 0) is 4.79 Å². The number of nitrogens with one attached hydrogen (secondary N) is 1. The van der Waals surface area contributed by atoms with Crippen LogP contribution in [0.4, 0.5) is 5.69 Å². The maximum absolute atomic E-state index is 12.0. The van der Waals surface area contributed by atoms with Gasteiger partial charge in [-0.3, -0.25) is 4.79 Å². The zero-order valence-electron chi connectivity index (χ0n) is 10.9. The number of nitrogens with two attached hydrogens (primary N) is 1. The third-order valence-electron chi connectivity index (χ3n) is 2.69. The second kappa shape index (κ2) is 6.04. The van der Waals surface area contributed by atoms with Gasteiger partial charge in [-0.15, -0.1) is 0 Å². The normalized spacial score (nSPS) is 13.7. The lowest BCUT2D eigenvalue weighted by atomic mass is 9.96. The number of rotatable bonds is 5. The fourth-order valence-corrected chi connectivity index (χ4v) is 1.93. The molecule has 0 aromatic heterocycles. The van der Waals surface area contributed by atoms with Crippen molar-refractivity contribution in [2.45, 2.75) is 32.2 Å². The number of anilines is 1. The Morgan fingerprint density at radius 2 is 2.05 bits per heavy atom. The highest BCUT2D eigenvalue weighted by atomic mass is 35.5. The van der Waals surface area contributed by atoms with Gasteiger partial charge in [-0.1, -0.05) is 24.9 Å². The van der Waals surface area contributed by atoms with Crippen LogP contribution in [0.2, 0.25) is 5.02 Å². The maximum Gasteiger partial charge on any atom is 0.335 e. The predicted molar refractivity (Wildman–Crippen MR) is 74.5 cm³/mol. The maximum atomic E-state index is 12.0. The minimum atomic E-state index is -1.11. The van der Waals surface area contributed by atoms with Crippen LogP contribution in [0.1, 0.15) is 37.0 Å². The van der Waals surface area contributed by atoms with Crippen LogP contribution in [0.5, 0.6) is 0 Å². The highest BCUT2D eigenvalue weighted by molar-refractivity contribution is 6.31. The van der Waals surface area contributed by atoms with Crippen molar-refractivity contribution in [3.8, 4) is 0 Å². The second-order valence-electron chi connectivity index (χ2n) is 4.66. The van der Waals surface area contributed by atoms with Gasteiger partial charge in [0.1, 0.15) is 0 Å². The Morgan fingerprint density at radius 1 is 1.42 bits per heavy atom. The van der Waals surface area contributed by atoms with Crippen LogP contribution in [0.25, 0.3) is 0 Å². The van der Waals surface area contributed by atoms with Gasteiger partial charge in [0.25, 0.3) is 0 Å². The molecule has 0 aliphatic carbocycles. The van der Waals surface area contributed by atoms with E-state index in [1.165, 1.54) is 18.2 Å². The van der Waals surface area contributed by atoms with Gasteiger partial charge in [-0.05, 0) is 31.5 Å². The Balaban J connectivity index is 2.94. The second-order valence-corrected chi connectivity index (χ2v) is 5.09. The number of hydrogen-bond donors (Lipinski definition) is 3. The minimum Gasteiger partial charge on any atom is -0.478 e. The van der Waals surface area contributed by atoms with E-state index in [0.29, 0.717) is 12.1 Å². The van der Waals surface area contributed by atoms with Crippen molar-refractivity contribution in [1.82, 2.24) is 0 Å². The van der Waals surface area contributed by atoms with Crippen molar-refractivity contribution in [3.63, 3.8) is 0 Å². The molecule has 19 heavy (non-hydrogen) atoms. The van der Waals surface area contributed by atoms with E-state index in [0.717, 1.165) is 6.42 Å². The number of hydrogen-bond acceptors (Lipinski definition) is 3. The van der Waals surface area contributed by atoms with Gasteiger partial charge in [-0.25, -0.2) is 4.79 Å². The summed E-state index contributed by atoms with van der Waals surface area (Å²) in [6.45, 7) is 3.56. The number of halogens is 1. The van der Waals surface area contributed by atoms with Crippen molar-refractivity contribution < 1.29 is 14.7 Å². The number of carbonyl (C=O) groups excluding carboxylic acids is 1. The van der Waals surface area contributed by atoms with E-state index in [9.17, 15) is 9.59 Å². The number of benzene rings is 1. The van der Waals surface area contributed by atoms with Gasteiger partial charge in [0, 0.05) is 10.7 Å². The first-order valence-electron chi connectivity index (χ1n) is 5.90. The SMILES string of the molecule is CCCC(C)(N)C(=O)Nc1cc(Cl)cc(C(=O)O)c1. The van der Waals surface area contributed by atoms with Gasteiger partial charge >= 0.3 is 5.97 Å². The molecule has 1 unspecified atom stereocenters. The molecule has 0 aliphatic rings. The molecule has 4 N–H and O–H groups in total. The van der Waals surface area contributed by atoms with Gasteiger partial charge in [0.05, 0.1) is 11.1 Å². The zero-order valence-corrected chi connectivity index (χ0v) is 11.6. The Kier molecular flexibility index (Phi) is 4.91. The molecule has 1 amide bonds. The molecular weight excluding hydrogens is 268 g/mol. The predicted octanol–water partition coefficient (Wildman–Crippen LogP) is 2.49. The van der Waals surface area contributed by atoms with Crippen LogP contribution in [0, 0.1) is 0 Å². The molecule has 0 radical (unpaired) electrons. The van der Waals surface area contributed by atoms with Crippen LogP contribution in [0.15, 0.2) is 18.2 Å². The third-order valence-corrected chi connectivity index (χ3v) is 2.91. The highest BCUT2D eigenvalue weighted by Crippen LogP contribution is 2.21. The lowest BCUT2D eigenvalue weighted by Gasteiger charge is -2.23. The molecule has 1 rings (SSSR count). The van der Waals surface area contributed by atoms with Crippen molar-refractivity contribution in [2.75, 3.05) is 5.32 Å². The van der Waals surface area contributed by atoms with Crippen LogP contribution in [-0.4, -0.2) is 22.5 Å². The number of carboxylic acids is 1. The molecule has 1 atom stereocenters. The van der Waals surface area contributed by atoms with E-state index in [1.807, 2.05) is 6.92 Å². The van der Waals surface area contributed by atoms with Crippen LogP contribution >= 0.6 is 11.6 Å². The molecule has 0 bridgehead atoms. The quantitative estimate of drug-likeness (QED) is 0.774. The van der Waals surface area contributed by atoms with Crippen molar-refractivity contribution in [2.24, 2.45) is 5.73 Å². The smallest absolute Gasteiger partial charge is 0.335 e. The van der Waals surface area contributed by atoms with E-state index in [1.54, 1.807) is 6.92 Å². The summed E-state index contributed by atoms with van der Waals surface area (Å²) >= 11 is 5.81. The van der Waals surface area contributed by atoms with Crippen LogP contribution in [0.3, 0.4) is 0 Å². The molecule has 6 heteroatoms. The summed E-state index contributed by atoms with van der Waals surface area (Å²) in [4.78, 5) is 22.9. The van der Waals surface area contributed by atoms with Gasteiger partial charge < -0.3 is 16.2 Å². The molecule has 0 fully saturated rings. The number of carbonyl (C=O) groups is 2. The first kappa shape index (κ1) is 15.5. The summed E-state index contributed by atoms with van der Waals surface area (Å²) < 4.78 is 0. The van der Waals surface area contributed by atoms with E-state index < -0.39 is 11.5 Å². The van der Waals surface area contributed by atoms with Crippen molar-refractivity contribution >= 4 is 29.2 Å². The van der Waals surface area contributed by atoms with E-state index >= 15 is 0 Å². The molecule has 0 spiro atoms. The summed E-state index contributed by atoms with van der Waals surface area (Å²) in [5.41, 5.74) is 5.23.